The van der Waals surface area contributed by atoms with Gasteiger partial charge >= 0.3 is 5.97 Å². The third-order valence-electron chi connectivity index (χ3n) is 11.0. The Morgan fingerprint density at radius 2 is 1.77 bits per heavy atom. The number of hydrogen-bond acceptors (Lipinski definition) is 10. The van der Waals surface area contributed by atoms with Crippen LogP contribution in [-0.2, 0) is 29.2 Å². The van der Waals surface area contributed by atoms with Gasteiger partial charge < -0.3 is 24.8 Å². The normalized spacial score (nSPS) is 21.3. The number of likely N-dealkylation sites (tertiary alicyclic amines) is 1. The summed E-state index contributed by atoms with van der Waals surface area (Å²) in [7, 11) is 0. The van der Waals surface area contributed by atoms with E-state index in [0.29, 0.717) is 74.5 Å². The minimum atomic E-state index is -0.785. The van der Waals surface area contributed by atoms with Gasteiger partial charge in [0.15, 0.2) is 5.58 Å². The number of carboxylic acids is 1. The summed E-state index contributed by atoms with van der Waals surface area (Å²) in [5.74, 6) is -0.294. The number of aliphatic hydroxyl groups is 1. The van der Waals surface area contributed by atoms with E-state index in [0.717, 1.165) is 54.5 Å². The Balaban J connectivity index is 1.03. The fourth-order valence-electron chi connectivity index (χ4n) is 7.75. The SMILES string of the molecule is Cc1c(-c2nc3cc(CN4CCC(C)(C(=O)O)C4)cc(C#N)c3o2)cccc1-c1cccc(-c2nc3c(s2)CN(C(=O)CNC2CC(O)C2)C3)c1C. The summed E-state index contributed by atoms with van der Waals surface area (Å²) < 4.78 is 6.29. The molecule has 0 bridgehead atoms. The van der Waals surface area contributed by atoms with Gasteiger partial charge in [-0.15, -0.1) is 11.3 Å². The Hall–Kier alpha value is -4.93. The molecule has 12 heteroatoms. The van der Waals surface area contributed by atoms with E-state index in [2.05, 4.69) is 54.4 Å². The van der Waals surface area contributed by atoms with E-state index in [4.69, 9.17) is 14.4 Å². The van der Waals surface area contributed by atoms with Gasteiger partial charge in [-0.2, -0.15) is 5.26 Å². The standard InChI is InChI=1S/C40H40N6O5S/c1-22-28(29-7-5-9-31(23(29)2)38-44-33-19-46(20-34(33)52-38)35(48)17-42-26-14-27(47)15-26)6-4-8-30(22)37-43-32-13-24(12-25(16-41)36(32)51-37)18-45-11-10-40(3,21-45)39(49)50/h4-9,12-13,26-27,42,47H,10-11,14-15,17-21H2,1-3H3,(H,49,50). The molecule has 0 radical (unpaired) electrons. The summed E-state index contributed by atoms with van der Waals surface area (Å²) in [6.45, 7) is 8.95. The molecule has 1 saturated heterocycles. The van der Waals surface area contributed by atoms with Gasteiger partial charge in [0.25, 0.3) is 0 Å². The monoisotopic (exact) mass is 716 g/mol. The summed E-state index contributed by atoms with van der Waals surface area (Å²) in [6.07, 6.45) is 1.74. The molecule has 2 fully saturated rings. The molecule has 3 N–H and O–H groups in total. The number of rotatable bonds is 9. The summed E-state index contributed by atoms with van der Waals surface area (Å²) >= 11 is 1.64. The number of fused-ring (bicyclic) bond motifs is 2. The summed E-state index contributed by atoms with van der Waals surface area (Å²) in [5, 5.41) is 33.4. The van der Waals surface area contributed by atoms with Gasteiger partial charge in [-0.3, -0.25) is 14.5 Å². The highest BCUT2D eigenvalue weighted by atomic mass is 32.1. The second-order valence-corrected chi connectivity index (χ2v) is 15.8. The Labute approximate surface area is 305 Å². The zero-order valence-electron chi connectivity index (χ0n) is 29.4. The zero-order valence-corrected chi connectivity index (χ0v) is 30.2. The first-order chi connectivity index (χ1) is 25.0. The lowest BCUT2D eigenvalue weighted by atomic mass is 9.89. The van der Waals surface area contributed by atoms with Gasteiger partial charge in [0.1, 0.15) is 16.6 Å². The van der Waals surface area contributed by atoms with E-state index in [9.17, 15) is 25.1 Å². The number of thiazole rings is 1. The predicted octanol–water partition coefficient (Wildman–Crippen LogP) is 6.03. The van der Waals surface area contributed by atoms with Crippen LogP contribution in [0.4, 0.5) is 0 Å². The summed E-state index contributed by atoms with van der Waals surface area (Å²) in [4.78, 5) is 39.5. The second-order valence-electron chi connectivity index (χ2n) is 14.7. The average molecular weight is 717 g/mol. The lowest BCUT2D eigenvalue weighted by Crippen LogP contribution is -2.47. The first kappa shape index (κ1) is 34.2. The summed E-state index contributed by atoms with van der Waals surface area (Å²) in [5.41, 5.74) is 8.62. The van der Waals surface area contributed by atoms with Crippen LogP contribution in [0.5, 0.6) is 0 Å². The maximum atomic E-state index is 12.8. The van der Waals surface area contributed by atoms with Crippen LogP contribution in [0.15, 0.2) is 52.9 Å². The molecule has 1 aliphatic carbocycles. The second kappa shape index (κ2) is 13.2. The van der Waals surface area contributed by atoms with Crippen molar-refractivity contribution in [3.05, 3.63) is 81.4 Å². The van der Waals surface area contributed by atoms with Crippen LogP contribution < -0.4 is 5.32 Å². The highest BCUT2D eigenvalue weighted by molar-refractivity contribution is 7.15. The molecule has 52 heavy (non-hydrogen) atoms. The summed E-state index contributed by atoms with van der Waals surface area (Å²) in [6, 6.07) is 18.6. The Kier molecular flexibility index (Phi) is 8.70. The molecule has 11 nitrogen and oxygen atoms in total. The van der Waals surface area contributed by atoms with Crippen LogP contribution in [-0.4, -0.2) is 73.6 Å². The molecule has 1 unspecified atom stereocenters. The number of nitrogens with zero attached hydrogens (tertiary/aromatic N) is 5. The van der Waals surface area contributed by atoms with Gasteiger partial charge in [0.2, 0.25) is 11.8 Å². The molecule has 2 aromatic heterocycles. The van der Waals surface area contributed by atoms with Crippen LogP contribution in [0.3, 0.4) is 0 Å². The number of hydrogen-bond donors (Lipinski definition) is 3. The highest BCUT2D eigenvalue weighted by Gasteiger charge is 2.40. The van der Waals surface area contributed by atoms with Gasteiger partial charge in [-0.1, -0.05) is 30.3 Å². The maximum absolute atomic E-state index is 12.8. The van der Waals surface area contributed by atoms with E-state index >= 15 is 0 Å². The molecular weight excluding hydrogens is 677 g/mol. The van der Waals surface area contributed by atoms with Gasteiger partial charge in [-0.25, -0.2) is 9.97 Å². The van der Waals surface area contributed by atoms with Crippen LogP contribution >= 0.6 is 11.3 Å². The molecular formula is C40H40N6O5S. The third kappa shape index (κ3) is 6.17. The number of aromatic nitrogens is 2. The zero-order chi connectivity index (χ0) is 36.3. The molecule has 4 heterocycles. The van der Waals surface area contributed by atoms with E-state index in [1.165, 1.54) is 0 Å². The number of carboxylic acid groups (broad SMARTS) is 1. The fourth-order valence-corrected chi connectivity index (χ4v) is 8.92. The average Bonchev–Trinajstić information content (AvgIpc) is 3.89. The van der Waals surface area contributed by atoms with Crippen molar-refractivity contribution in [3.63, 3.8) is 0 Å². The number of oxazole rings is 1. The molecule has 266 valence electrons. The van der Waals surface area contributed by atoms with Crippen molar-refractivity contribution in [2.45, 2.75) is 71.8 Å². The quantitative estimate of drug-likeness (QED) is 0.165. The van der Waals surface area contributed by atoms with Crippen molar-refractivity contribution in [3.8, 4) is 39.2 Å². The van der Waals surface area contributed by atoms with Crippen molar-refractivity contribution in [2.24, 2.45) is 5.41 Å². The topological polar surface area (TPSA) is 156 Å². The maximum Gasteiger partial charge on any atom is 0.310 e. The molecule has 3 aliphatic rings. The van der Waals surface area contributed by atoms with Crippen molar-refractivity contribution in [2.75, 3.05) is 19.6 Å². The van der Waals surface area contributed by atoms with Crippen LogP contribution in [0.1, 0.15) is 59.0 Å². The number of aliphatic hydroxyl groups excluding tert-OH is 1. The third-order valence-corrected chi connectivity index (χ3v) is 12.1. The molecule has 2 aliphatic heterocycles. The Bertz CT molecular complexity index is 2260. The van der Waals surface area contributed by atoms with Crippen molar-refractivity contribution in [1.82, 2.24) is 25.1 Å². The number of carbonyl (C=O) groups is 2. The first-order valence-corrected chi connectivity index (χ1v) is 18.5. The largest absolute Gasteiger partial charge is 0.481 e. The predicted molar refractivity (Wildman–Crippen MR) is 197 cm³/mol. The minimum absolute atomic E-state index is 0.0529. The fraction of sp³-hybridized carbons (Fsp3) is 0.375. The lowest BCUT2D eigenvalue weighted by Gasteiger charge is -2.32. The number of nitrogens with one attached hydrogen (secondary N) is 1. The number of benzene rings is 3. The van der Waals surface area contributed by atoms with E-state index in [-0.39, 0.29) is 24.6 Å². The van der Waals surface area contributed by atoms with Crippen LogP contribution in [0.2, 0.25) is 0 Å². The molecule has 5 aromatic rings. The smallest absolute Gasteiger partial charge is 0.310 e. The van der Waals surface area contributed by atoms with E-state index in [1.54, 1.807) is 18.3 Å². The van der Waals surface area contributed by atoms with Gasteiger partial charge in [0, 0.05) is 35.1 Å². The van der Waals surface area contributed by atoms with Crippen LogP contribution in [0, 0.1) is 30.6 Å². The molecule has 8 rings (SSSR count). The van der Waals surface area contributed by atoms with Gasteiger partial charge in [-0.05, 0) is 92.6 Å². The highest BCUT2D eigenvalue weighted by Crippen LogP contribution is 2.41. The minimum Gasteiger partial charge on any atom is -0.481 e. The molecule has 0 spiro atoms. The number of aliphatic carboxylic acids is 1. The molecule has 1 amide bonds. The van der Waals surface area contributed by atoms with E-state index in [1.807, 2.05) is 29.2 Å². The van der Waals surface area contributed by atoms with E-state index < -0.39 is 11.4 Å². The first-order valence-electron chi connectivity index (χ1n) is 17.7. The Morgan fingerprint density at radius 3 is 2.44 bits per heavy atom. The Morgan fingerprint density at radius 1 is 1.06 bits per heavy atom. The number of nitriles is 1. The molecule has 3 aromatic carbocycles. The van der Waals surface area contributed by atoms with Crippen molar-refractivity contribution in [1.29, 1.82) is 5.26 Å². The van der Waals surface area contributed by atoms with Crippen LogP contribution in [0.25, 0.3) is 44.3 Å². The van der Waals surface area contributed by atoms with Crippen molar-refractivity contribution < 1.29 is 24.2 Å². The number of carbonyl (C=O) groups excluding carboxylic acids is 1. The van der Waals surface area contributed by atoms with Crippen molar-refractivity contribution >= 4 is 34.3 Å². The lowest BCUT2D eigenvalue weighted by molar-refractivity contribution is -0.147. The molecule has 1 atom stereocenters. The van der Waals surface area contributed by atoms with Gasteiger partial charge in [0.05, 0.1) is 42.4 Å². The molecule has 1 saturated carbocycles. The number of amides is 1.